The molecule has 10 heteroatoms. The van der Waals surface area contributed by atoms with E-state index >= 15 is 0 Å². The van der Waals surface area contributed by atoms with Gasteiger partial charge in [0.05, 0.1) is 17.7 Å². The molecular formula is C18H22BrN5O4. The summed E-state index contributed by atoms with van der Waals surface area (Å²) in [5.41, 5.74) is 9.29. The Balaban J connectivity index is 2.02. The number of carbonyl (C=O) groups is 2. The standard InChI is InChI=1S/C18H22BrN5O4/c19-10-6-2-1-3-7-13(21-22-20)11-14(24(27)28)12-23-17(25)15-8-4-5-9-16(15)18(23)26/h4-5,8-9,13-14H,1-3,6-7,10-12H2. The lowest BCUT2D eigenvalue weighted by molar-refractivity contribution is -0.523. The number of benzene rings is 1. The number of nitrogens with zero attached hydrogens (tertiary/aromatic N) is 5. The van der Waals surface area contributed by atoms with Gasteiger partial charge in [-0.2, -0.15) is 0 Å². The van der Waals surface area contributed by atoms with Crippen LogP contribution in [-0.4, -0.2) is 45.6 Å². The molecule has 28 heavy (non-hydrogen) atoms. The third-order valence-corrected chi connectivity index (χ3v) is 5.31. The number of fused-ring (bicyclic) bond motifs is 1. The fourth-order valence-corrected chi connectivity index (χ4v) is 3.68. The fourth-order valence-electron chi connectivity index (χ4n) is 3.28. The first-order valence-electron chi connectivity index (χ1n) is 9.18. The highest BCUT2D eigenvalue weighted by atomic mass is 79.9. The molecule has 9 nitrogen and oxygen atoms in total. The van der Waals surface area contributed by atoms with Gasteiger partial charge in [-0.05, 0) is 30.5 Å². The van der Waals surface area contributed by atoms with Crippen LogP contribution in [0.2, 0.25) is 0 Å². The number of unbranched alkanes of at least 4 members (excludes halogenated alkanes) is 3. The first-order valence-corrected chi connectivity index (χ1v) is 10.3. The summed E-state index contributed by atoms with van der Waals surface area (Å²) in [6, 6.07) is 4.64. The molecule has 0 radical (unpaired) electrons. The lowest BCUT2D eigenvalue weighted by Crippen LogP contribution is -2.41. The van der Waals surface area contributed by atoms with E-state index in [1.165, 1.54) is 12.1 Å². The number of amides is 2. The molecule has 0 saturated carbocycles. The van der Waals surface area contributed by atoms with E-state index in [1.54, 1.807) is 12.1 Å². The number of nitro groups is 1. The van der Waals surface area contributed by atoms with E-state index in [0.717, 1.165) is 35.9 Å². The Morgan fingerprint density at radius 2 is 1.75 bits per heavy atom. The van der Waals surface area contributed by atoms with Crippen LogP contribution in [0.5, 0.6) is 0 Å². The Morgan fingerprint density at radius 1 is 1.14 bits per heavy atom. The highest BCUT2D eigenvalue weighted by molar-refractivity contribution is 9.09. The summed E-state index contributed by atoms with van der Waals surface area (Å²) in [6.07, 6.45) is 4.35. The number of rotatable bonds is 12. The highest BCUT2D eigenvalue weighted by Crippen LogP contribution is 2.24. The van der Waals surface area contributed by atoms with Gasteiger partial charge in [0.2, 0.25) is 6.04 Å². The topological polar surface area (TPSA) is 129 Å². The van der Waals surface area contributed by atoms with Gasteiger partial charge >= 0.3 is 0 Å². The molecule has 0 spiro atoms. The molecule has 0 saturated heterocycles. The van der Waals surface area contributed by atoms with Crippen molar-refractivity contribution < 1.29 is 14.5 Å². The Kier molecular flexibility index (Phi) is 8.41. The number of hydrogen-bond donors (Lipinski definition) is 0. The van der Waals surface area contributed by atoms with Crippen molar-refractivity contribution in [2.24, 2.45) is 5.11 Å². The average molecular weight is 452 g/mol. The van der Waals surface area contributed by atoms with Crippen molar-refractivity contribution in [2.75, 3.05) is 11.9 Å². The average Bonchev–Trinajstić information content (AvgIpc) is 2.92. The molecule has 0 fully saturated rings. The van der Waals surface area contributed by atoms with E-state index in [2.05, 4.69) is 26.0 Å². The Labute approximate surface area is 171 Å². The van der Waals surface area contributed by atoms with Gasteiger partial charge in [0.1, 0.15) is 0 Å². The van der Waals surface area contributed by atoms with Gasteiger partial charge in [0.25, 0.3) is 11.8 Å². The number of carbonyl (C=O) groups excluding carboxylic acids is 2. The molecular weight excluding hydrogens is 430 g/mol. The van der Waals surface area contributed by atoms with Crippen LogP contribution < -0.4 is 0 Å². The molecule has 2 amide bonds. The van der Waals surface area contributed by atoms with Crippen molar-refractivity contribution in [3.63, 3.8) is 0 Å². The maximum absolute atomic E-state index is 12.4. The van der Waals surface area contributed by atoms with E-state index in [4.69, 9.17) is 5.53 Å². The van der Waals surface area contributed by atoms with Gasteiger partial charge in [-0.15, -0.1) is 0 Å². The zero-order valence-corrected chi connectivity index (χ0v) is 17.0. The molecule has 2 rings (SSSR count). The number of hydrogen-bond acceptors (Lipinski definition) is 5. The van der Waals surface area contributed by atoms with Crippen LogP contribution >= 0.6 is 15.9 Å². The predicted molar refractivity (Wildman–Crippen MR) is 107 cm³/mol. The summed E-state index contributed by atoms with van der Waals surface area (Å²) in [5.74, 6) is -1.05. The summed E-state index contributed by atoms with van der Waals surface area (Å²) < 4.78 is 0. The number of imide groups is 1. The molecule has 1 aliphatic heterocycles. The summed E-state index contributed by atoms with van der Waals surface area (Å²) in [4.78, 5) is 39.7. The van der Waals surface area contributed by atoms with E-state index in [1.807, 2.05) is 0 Å². The Hall–Kier alpha value is -2.45. The second-order valence-electron chi connectivity index (χ2n) is 6.69. The first kappa shape index (κ1) is 21.8. The van der Waals surface area contributed by atoms with Crippen molar-refractivity contribution in [3.8, 4) is 0 Å². The predicted octanol–water partition coefficient (Wildman–Crippen LogP) is 4.34. The fraction of sp³-hybridized carbons (Fsp3) is 0.556. The number of alkyl halides is 1. The molecule has 1 aromatic carbocycles. The van der Waals surface area contributed by atoms with Gasteiger partial charge in [-0.25, -0.2) is 0 Å². The SMILES string of the molecule is [N-]=[N+]=NC(CCCCCCBr)CC(CN1C(=O)c2ccccc2C1=O)[N+](=O)[O-]. The third-order valence-electron chi connectivity index (χ3n) is 4.75. The van der Waals surface area contributed by atoms with E-state index in [-0.39, 0.29) is 24.1 Å². The van der Waals surface area contributed by atoms with Gasteiger partial charge in [0.15, 0.2) is 0 Å². The first-order chi connectivity index (χ1) is 13.5. The Bertz CT molecular complexity index is 746. The van der Waals surface area contributed by atoms with Crippen LogP contribution in [0.15, 0.2) is 29.4 Å². The van der Waals surface area contributed by atoms with Crippen molar-refractivity contribution in [1.82, 2.24) is 4.90 Å². The minimum absolute atomic E-state index is 0.0110. The molecule has 0 N–H and O–H groups in total. The summed E-state index contributed by atoms with van der Waals surface area (Å²) in [6.45, 7) is -0.333. The molecule has 0 aromatic heterocycles. The number of azide groups is 1. The summed E-state index contributed by atoms with van der Waals surface area (Å²) in [5, 5.41) is 16.2. The molecule has 2 atom stereocenters. The van der Waals surface area contributed by atoms with Crippen LogP contribution in [0.4, 0.5) is 0 Å². The largest absolute Gasteiger partial charge is 0.269 e. The number of halogens is 1. The van der Waals surface area contributed by atoms with Crippen LogP contribution in [0, 0.1) is 10.1 Å². The maximum atomic E-state index is 12.4. The van der Waals surface area contributed by atoms with E-state index < -0.39 is 28.8 Å². The second kappa shape index (κ2) is 10.8. The van der Waals surface area contributed by atoms with Crippen molar-refractivity contribution in [3.05, 3.63) is 55.9 Å². The summed E-state index contributed by atoms with van der Waals surface area (Å²) in [7, 11) is 0. The van der Waals surface area contributed by atoms with Crippen molar-refractivity contribution >= 4 is 27.7 Å². The van der Waals surface area contributed by atoms with Gasteiger partial charge in [0, 0.05) is 27.6 Å². The smallest absolute Gasteiger partial charge is 0.261 e. The third kappa shape index (κ3) is 5.53. The van der Waals surface area contributed by atoms with Crippen molar-refractivity contribution in [1.29, 1.82) is 0 Å². The molecule has 2 unspecified atom stereocenters. The molecule has 1 aliphatic rings. The normalized spacial score (nSPS) is 15.1. The second-order valence-corrected chi connectivity index (χ2v) is 7.48. The zero-order valence-electron chi connectivity index (χ0n) is 15.4. The lowest BCUT2D eigenvalue weighted by atomic mass is 10.0. The van der Waals surface area contributed by atoms with Crippen LogP contribution in [0.1, 0.15) is 59.2 Å². The monoisotopic (exact) mass is 451 g/mol. The van der Waals surface area contributed by atoms with Gasteiger partial charge < -0.3 is 0 Å². The lowest BCUT2D eigenvalue weighted by Gasteiger charge is -2.19. The van der Waals surface area contributed by atoms with Crippen molar-refractivity contribution in [2.45, 2.75) is 50.6 Å². The maximum Gasteiger partial charge on any atom is 0.261 e. The molecule has 0 bridgehead atoms. The molecule has 0 aliphatic carbocycles. The minimum Gasteiger partial charge on any atom is -0.269 e. The van der Waals surface area contributed by atoms with E-state index in [0.29, 0.717) is 6.42 Å². The van der Waals surface area contributed by atoms with Crippen LogP contribution in [-0.2, 0) is 0 Å². The molecule has 150 valence electrons. The molecule has 1 heterocycles. The minimum atomic E-state index is -1.18. The van der Waals surface area contributed by atoms with Crippen LogP contribution in [0.25, 0.3) is 10.4 Å². The van der Waals surface area contributed by atoms with E-state index in [9.17, 15) is 19.7 Å². The highest BCUT2D eigenvalue weighted by Gasteiger charge is 2.39. The van der Waals surface area contributed by atoms with Gasteiger partial charge in [-0.1, -0.05) is 52.4 Å². The van der Waals surface area contributed by atoms with Gasteiger partial charge in [-0.3, -0.25) is 24.6 Å². The van der Waals surface area contributed by atoms with Crippen LogP contribution in [0.3, 0.4) is 0 Å². The molecule has 1 aromatic rings. The zero-order chi connectivity index (χ0) is 20.5. The summed E-state index contributed by atoms with van der Waals surface area (Å²) >= 11 is 3.36. The Morgan fingerprint density at radius 3 is 2.29 bits per heavy atom. The quantitative estimate of drug-likeness (QED) is 0.0682.